The van der Waals surface area contributed by atoms with Gasteiger partial charge in [0.25, 0.3) is 17.2 Å². The normalized spacial score (nSPS) is 12.2. The molecule has 1 unspecified atom stereocenters. The molecule has 0 aliphatic carbocycles. The molecule has 0 fully saturated rings. The van der Waals surface area contributed by atoms with E-state index in [9.17, 15) is 13.6 Å². The fraction of sp³-hybridized carbons (Fsp3) is 0.200. The van der Waals surface area contributed by atoms with Crippen molar-refractivity contribution < 1.29 is 13.6 Å². The zero-order valence-corrected chi connectivity index (χ0v) is 20.2. The maximum absolute atomic E-state index is 13.2. The summed E-state index contributed by atoms with van der Waals surface area (Å²) in [5, 5.41) is 0.684. The van der Waals surface area contributed by atoms with Gasteiger partial charge in [-0.3, -0.25) is 9.35 Å². The number of carbonyl (C=O) groups excluding carboxylic acids is 1. The van der Waals surface area contributed by atoms with Gasteiger partial charge in [-0.15, -0.1) is 0 Å². The minimum Gasteiger partial charge on any atom is -0.324 e. The highest BCUT2D eigenvalue weighted by Gasteiger charge is 2.24. The minimum absolute atomic E-state index is 0.291. The zero-order valence-electron chi connectivity index (χ0n) is 18.6. The van der Waals surface area contributed by atoms with Gasteiger partial charge in [0.2, 0.25) is 0 Å². The number of aromatic nitrogens is 2. The molecule has 1 atom stereocenters. The maximum Gasteiger partial charge on any atom is 0.272 e. The van der Waals surface area contributed by atoms with Crippen LogP contribution in [-0.4, -0.2) is 24.2 Å². The van der Waals surface area contributed by atoms with Crippen LogP contribution in [0.3, 0.4) is 0 Å². The van der Waals surface area contributed by atoms with Crippen LogP contribution in [0.2, 0.25) is 5.02 Å². The van der Waals surface area contributed by atoms with Crippen LogP contribution in [0.4, 0.5) is 5.69 Å². The number of aryl methyl sites for hydroxylation is 3. The summed E-state index contributed by atoms with van der Waals surface area (Å²) < 4.78 is 24.8. The molecule has 0 spiro atoms. The molecular formula is C25H24ClN3O3S. The molecule has 1 N–H and O–H groups in total. The number of fused-ring (bicyclic) bond motifs is 1. The Labute approximate surface area is 200 Å². The Morgan fingerprint density at radius 2 is 1.82 bits per heavy atom. The van der Waals surface area contributed by atoms with Crippen molar-refractivity contribution in [2.24, 2.45) is 0 Å². The van der Waals surface area contributed by atoms with Crippen LogP contribution in [0.5, 0.6) is 0 Å². The highest BCUT2D eigenvalue weighted by atomic mass is 35.5. The molecular weight excluding hydrogens is 458 g/mol. The molecule has 8 heteroatoms. The lowest BCUT2D eigenvalue weighted by Gasteiger charge is -2.18. The summed E-state index contributed by atoms with van der Waals surface area (Å²) in [7, 11) is 0. The van der Waals surface area contributed by atoms with E-state index in [2.05, 4.69) is 18.0 Å². The van der Waals surface area contributed by atoms with E-state index in [4.69, 9.17) is 11.6 Å². The molecule has 0 aliphatic rings. The zero-order chi connectivity index (χ0) is 23.7. The second-order valence-electron chi connectivity index (χ2n) is 7.89. The highest BCUT2D eigenvalue weighted by Crippen LogP contribution is 2.26. The summed E-state index contributed by atoms with van der Waals surface area (Å²) >= 11 is 3.99. The topological polar surface area (TPSA) is 75.4 Å². The van der Waals surface area contributed by atoms with E-state index < -0.39 is 17.2 Å². The Bertz CT molecular complexity index is 1370. The average Bonchev–Trinajstić information content (AvgIpc) is 3.10. The molecule has 1 amide bonds. The summed E-state index contributed by atoms with van der Waals surface area (Å²) in [5.41, 5.74) is 5.22. The van der Waals surface area contributed by atoms with Crippen LogP contribution in [0.15, 0.2) is 60.7 Å². The van der Waals surface area contributed by atoms with Crippen molar-refractivity contribution in [3.05, 3.63) is 93.8 Å². The molecule has 4 aromatic rings. The third-order valence-corrected chi connectivity index (χ3v) is 6.69. The van der Waals surface area contributed by atoms with Crippen molar-refractivity contribution in [3.8, 4) is 0 Å². The van der Waals surface area contributed by atoms with E-state index in [1.807, 2.05) is 30.5 Å². The Morgan fingerprint density at radius 1 is 1.09 bits per heavy atom. The van der Waals surface area contributed by atoms with Crippen molar-refractivity contribution in [2.75, 3.05) is 4.31 Å². The molecule has 1 aromatic heterocycles. The van der Waals surface area contributed by atoms with Gasteiger partial charge in [0.15, 0.2) is 0 Å². The number of hydrogen-bond acceptors (Lipinski definition) is 3. The third kappa shape index (κ3) is 4.71. The quantitative estimate of drug-likeness (QED) is 0.358. The van der Waals surface area contributed by atoms with Crippen LogP contribution in [0.25, 0.3) is 11.0 Å². The first-order valence-electron chi connectivity index (χ1n) is 10.5. The van der Waals surface area contributed by atoms with Crippen molar-refractivity contribution in [1.82, 2.24) is 9.55 Å². The first kappa shape index (κ1) is 23.2. The molecule has 0 radical (unpaired) electrons. The molecule has 0 bridgehead atoms. The van der Waals surface area contributed by atoms with Crippen LogP contribution >= 0.6 is 11.6 Å². The Balaban J connectivity index is 1.73. The smallest absolute Gasteiger partial charge is 0.272 e. The highest BCUT2D eigenvalue weighted by molar-refractivity contribution is 7.81. The number of halogens is 1. The minimum atomic E-state index is -2.52. The van der Waals surface area contributed by atoms with Crippen molar-refractivity contribution >= 4 is 45.5 Å². The number of nitrogens with zero attached hydrogens (tertiary/aromatic N) is 3. The molecule has 0 saturated carbocycles. The molecule has 3 aromatic carbocycles. The fourth-order valence-electron chi connectivity index (χ4n) is 3.76. The second-order valence-corrected chi connectivity index (χ2v) is 9.13. The number of carbonyl (C=O) groups is 1. The largest absolute Gasteiger partial charge is 0.324 e. The van der Waals surface area contributed by atoms with Crippen LogP contribution < -0.4 is 4.31 Å². The second kappa shape index (κ2) is 9.47. The Kier molecular flexibility index (Phi) is 6.65. The number of imidazole rings is 1. The van der Waals surface area contributed by atoms with E-state index in [0.717, 1.165) is 44.3 Å². The van der Waals surface area contributed by atoms with Crippen LogP contribution in [0.1, 0.15) is 39.8 Å². The molecule has 0 saturated heterocycles. The predicted octanol–water partition coefficient (Wildman–Crippen LogP) is 5.70. The number of amides is 1. The first-order chi connectivity index (χ1) is 15.8. The summed E-state index contributed by atoms with van der Waals surface area (Å²) in [4.78, 5) is 17.8. The van der Waals surface area contributed by atoms with E-state index >= 15 is 0 Å². The number of hydrogen-bond donors (Lipinski definition) is 1. The Hall–Kier alpha value is -3.00. The van der Waals surface area contributed by atoms with Gasteiger partial charge in [0.1, 0.15) is 5.82 Å². The molecule has 0 aliphatic heterocycles. The molecule has 4 rings (SSSR count). The van der Waals surface area contributed by atoms with Gasteiger partial charge in [-0.2, -0.15) is 0 Å². The summed E-state index contributed by atoms with van der Waals surface area (Å²) in [6.45, 7) is 6.38. The molecule has 170 valence electrons. The number of rotatable bonds is 6. The van der Waals surface area contributed by atoms with Gasteiger partial charge in [0, 0.05) is 10.6 Å². The van der Waals surface area contributed by atoms with Gasteiger partial charge in [-0.1, -0.05) is 48.4 Å². The average molecular weight is 482 g/mol. The molecule has 6 nitrogen and oxygen atoms in total. The van der Waals surface area contributed by atoms with Crippen molar-refractivity contribution in [2.45, 2.75) is 33.7 Å². The summed E-state index contributed by atoms with van der Waals surface area (Å²) in [6.07, 6.45) is 0.905. The van der Waals surface area contributed by atoms with Gasteiger partial charge >= 0.3 is 0 Å². The van der Waals surface area contributed by atoms with E-state index in [1.165, 1.54) is 0 Å². The third-order valence-electron chi connectivity index (χ3n) is 5.65. The molecule has 1 heterocycles. The van der Waals surface area contributed by atoms with Gasteiger partial charge in [0.05, 0.1) is 23.3 Å². The lowest BCUT2D eigenvalue weighted by Crippen LogP contribution is -2.32. The first-order valence-corrected chi connectivity index (χ1v) is 12.0. The Morgan fingerprint density at radius 3 is 2.45 bits per heavy atom. The van der Waals surface area contributed by atoms with E-state index in [0.29, 0.717) is 22.8 Å². The van der Waals surface area contributed by atoms with E-state index in [1.54, 1.807) is 42.5 Å². The predicted molar refractivity (Wildman–Crippen MR) is 133 cm³/mol. The van der Waals surface area contributed by atoms with Gasteiger partial charge in [-0.25, -0.2) is 13.5 Å². The fourth-order valence-corrected chi connectivity index (χ4v) is 4.57. The van der Waals surface area contributed by atoms with E-state index in [-0.39, 0.29) is 0 Å². The standard InChI is InChI=1S/C25H24ClN3O3S/c1-4-18-7-8-20(22(26)13-18)15-28-17(3)27-23-12-9-19(14-24(23)28)25(30)29(33(31)32)21-10-5-16(2)6-11-21/h5-14H,4,15H2,1-3H3,(H,31,32). The number of anilines is 1. The summed E-state index contributed by atoms with van der Waals surface area (Å²) in [5.74, 6) is 0.212. The van der Waals surface area contributed by atoms with Crippen molar-refractivity contribution in [1.29, 1.82) is 0 Å². The van der Waals surface area contributed by atoms with Crippen LogP contribution in [-0.2, 0) is 24.2 Å². The SMILES string of the molecule is CCc1ccc(Cn2c(C)nc3ccc(C(=O)N(c4ccc(C)cc4)S(=O)O)cc32)c(Cl)c1. The maximum atomic E-state index is 13.2. The van der Waals surface area contributed by atoms with Crippen molar-refractivity contribution in [3.63, 3.8) is 0 Å². The van der Waals surface area contributed by atoms with Gasteiger partial charge < -0.3 is 4.57 Å². The molecule has 33 heavy (non-hydrogen) atoms. The number of benzene rings is 3. The lowest BCUT2D eigenvalue weighted by molar-refractivity contribution is 0.100. The van der Waals surface area contributed by atoms with Gasteiger partial charge in [-0.05, 0) is 67.8 Å². The van der Waals surface area contributed by atoms with Crippen LogP contribution in [0, 0.1) is 13.8 Å². The summed E-state index contributed by atoms with van der Waals surface area (Å²) in [6, 6.07) is 18.0. The lowest BCUT2D eigenvalue weighted by atomic mass is 10.1. The monoisotopic (exact) mass is 481 g/mol.